The van der Waals surface area contributed by atoms with Crippen LogP contribution in [-0.4, -0.2) is 43.3 Å². The SMILES string of the molecule is O=C(N[C@@H](N1C[C@H]2C[C@@H](C1)c1cccc(=O)n1C2)C(Cl)(Cl)Cl)c1ccc([N+](=O)[O-])cc1. The minimum Gasteiger partial charge on any atom is -0.332 e. The molecular weight excluding hydrogens is 467 g/mol. The number of rotatable bonds is 4. The molecule has 8 nitrogen and oxygen atoms in total. The van der Waals surface area contributed by atoms with Crippen LogP contribution >= 0.6 is 34.8 Å². The second-order valence-electron chi connectivity index (χ2n) is 7.87. The Hall–Kier alpha value is -2.13. The van der Waals surface area contributed by atoms with Gasteiger partial charge in [-0.15, -0.1) is 0 Å². The molecule has 2 aromatic rings. The fourth-order valence-electron chi connectivity index (χ4n) is 4.47. The highest BCUT2D eigenvalue weighted by Crippen LogP contribution is 2.40. The van der Waals surface area contributed by atoms with E-state index in [1.54, 1.807) is 16.7 Å². The van der Waals surface area contributed by atoms with Crippen LogP contribution in [0, 0.1) is 16.0 Å². The van der Waals surface area contributed by atoms with E-state index in [9.17, 15) is 19.7 Å². The van der Waals surface area contributed by atoms with Crippen molar-refractivity contribution in [2.24, 2.45) is 5.92 Å². The van der Waals surface area contributed by atoms with Crippen LogP contribution in [0.3, 0.4) is 0 Å². The molecule has 2 bridgehead atoms. The highest BCUT2D eigenvalue weighted by molar-refractivity contribution is 6.68. The average molecular weight is 486 g/mol. The van der Waals surface area contributed by atoms with Crippen LogP contribution in [0.15, 0.2) is 47.3 Å². The van der Waals surface area contributed by atoms with Gasteiger partial charge in [0.15, 0.2) is 0 Å². The first-order valence-electron chi connectivity index (χ1n) is 9.69. The van der Waals surface area contributed by atoms with Crippen molar-refractivity contribution in [1.82, 2.24) is 14.8 Å². The largest absolute Gasteiger partial charge is 0.332 e. The molecule has 1 aromatic carbocycles. The minimum atomic E-state index is -1.81. The lowest BCUT2D eigenvalue weighted by Gasteiger charge is -2.47. The Morgan fingerprint density at radius 2 is 1.84 bits per heavy atom. The van der Waals surface area contributed by atoms with Crippen LogP contribution in [-0.2, 0) is 6.54 Å². The number of fused-ring (bicyclic) bond motifs is 4. The van der Waals surface area contributed by atoms with Gasteiger partial charge in [-0.3, -0.25) is 24.6 Å². The molecule has 1 saturated heterocycles. The van der Waals surface area contributed by atoms with Crippen molar-refractivity contribution >= 4 is 46.4 Å². The van der Waals surface area contributed by atoms with Crippen molar-refractivity contribution in [2.45, 2.75) is 28.8 Å². The summed E-state index contributed by atoms with van der Waals surface area (Å²) in [4.78, 5) is 37.2. The highest BCUT2D eigenvalue weighted by atomic mass is 35.6. The Morgan fingerprint density at radius 3 is 2.48 bits per heavy atom. The van der Waals surface area contributed by atoms with Gasteiger partial charge in [-0.25, -0.2) is 0 Å². The van der Waals surface area contributed by atoms with Crippen molar-refractivity contribution < 1.29 is 9.72 Å². The first-order chi connectivity index (χ1) is 14.6. The number of nitrogens with zero attached hydrogens (tertiary/aromatic N) is 3. The van der Waals surface area contributed by atoms with Crippen molar-refractivity contribution in [3.8, 4) is 0 Å². The summed E-state index contributed by atoms with van der Waals surface area (Å²) in [6.45, 7) is 1.64. The molecule has 0 aliphatic carbocycles. The van der Waals surface area contributed by atoms with Crippen LogP contribution in [0.1, 0.15) is 28.4 Å². The van der Waals surface area contributed by atoms with E-state index < -0.39 is 20.8 Å². The maximum Gasteiger partial charge on any atom is 0.269 e. The number of nitro groups is 1. The molecule has 1 fully saturated rings. The Kier molecular flexibility index (Phi) is 6.00. The smallest absolute Gasteiger partial charge is 0.269 e. The lowest BCUT2D eigenvalue weighted by molar-refractivity contribution is -0.384. The quantitative estimate of drug-likeness (QED) is 0.407. The number of hydrogen-bond acceptors (Lipinski definition) is 5. The van der Waals surface area contributed by atoms with Crippen molar-refractivity contribution in [3.05, 3.63) is 74.2 Å². The second-order valence-corrected chi connectivity index (χ2v) is 10.2. The molecule has 2 aliphatic rings. The number of likely N-dealkylation sites (tertiary alicyclic amines) is 1. The zero-order valence-electron chi connectivity index (χ0n) is 16.2. The summed E-state index contributed by atoms with van der Waals surface area (Å²) < 4.78 is -0.00555. The van der Waals surface area contributed by atoms with E-state index in [1.165, 1.54) is 24.3 Å². The molecule has 2 aliphatic heterocycles. The number of carbonyl (C=O) groups excluding carboxylic acids is 1. The van der Waals surface area contributed by atoms with Gasteiger partial charge in [-0.1, -0.05) is 40.9 Å². The Bertz CT molecular complexity index is 1070. The number of aromatic nitrogens is 1. The van der Waals surface area contributed by atoms with E-state index in [0.29, 0.717) is 19.6 Å². The maximum absolute atomic E-state index is 12.8. The number of piperidine rings is 1. The standard InChI is InChI=1S/C20H19Cl3N4O4/c21-20(22,23)19(24-18(29)13-4-6-15(7-5-13)27(30)31)25-9-12-8-14(11-25)16-2-1-3-17(28)26(16)10-12/h1-7,12,14,19H,8-11H2,(H,24,29)/t12-,14+,19+/m1/s1. The molecule has 0 spiro atoms. The Balaban J connectivity index is 1.56. The van der Waals surface area contributed by atoms with E-state index in [2.05, 4.69) is 5.32 Å². The fourth-order valence-corrected chi connectivity index (χ4v) is 5.04. The van der Waals surface area contributed by atoms with E-state index in [4.69, 9.17) is 34.8 Å². The first kappa shape index (κ1) is 22.1. The summed E-state index contributed by atoms with van der Waals surface area (Å²) in [5.74, 6) is -0.247. The number of hydrogen-bond donors (Lipinski definition) is 1. The maximum atomic E-state index is 12.8. The molecule has 1 aromatic heterocycles. The third kappa shape index (κ3) is 4.57. The lowest BCUT2D eigenvalue weighted by Crippen LogP contribution is -2.60. The van der Waals surface area contributed by atoms with Crippen LogP contribution in [0.4, 0.5) is 5.69 Å². The number of halogens is 3. The van der Waals surface area contributed by atoms with Crippen LogP contribution in [0.25, 0.3) is 0 Å². The molecule has 3 atom stereocenters. The molecule has 164 valence electrons. The van der Waals surface area contributed by atoms with E-state index >= 15 is 0 Å². The average Bonchev–Trinajstić information content (AvgIpc) is 2.71. The molecule has 1 amide bonds. The summed E-state index contributed by atoms with van der Waals surface area (Å²) in [5.41, 5.74) is 1.02. The zero-order valence-corrected chi connectivity index (χ0v) is 18.5. The van der Waals surface area contributed by atoms with Crippen LogP contribution in [0.2, 0.25) is 0 Å². The van der Waals surface area contributed by atoms with Gasteiger partial charge < -0.3 is 9.88 Å². The van der Waals surface area contributed by atoms with E-state index in [0.717, 1.165) is 12.1 Å². The van der Waals surface area contributed by atoms with Gasteiger partial charge >= 0.3 is 0 Å². The van der Waals surface area contributed by atoms with Gasteiger partial charge in [0.2, 0.25) is 3.79 Å². The van der Waals surface area contributed by atoms with Gasteiger partial charge in [0.25, 0.3) is 17.2 Å². The molecule has 0 unspecified atom stereocenters. The van der Waals surface area contributed by atoms with Crippen molar-refractivity contribution in [3.63, 3.8) is 0 Å². The van der Waals surface area contributed by atoms with Gasteiger partial charge in [0.1, 0.15) is 6.17 Å². The third-order valence-electron chi connectivity index (χ3n) is 5.79. The van der Waals surface area contributed by atoms with Crippen molar-refractivity contribution in [1.29, 1.82) is 0 Å². The number of carbonyl (C=O) groups is 1. The summed E-state index contributed by atoms with van der Waals surface area (Å²) in [7, 11) is 0. The molecule has 0 radical (unpaired) electrons. The number of nitro benzene ring substituents is 1. The van der Waals surface area contributed by atoms with Gasteiger partial charge in [-0.05, 0) is 30.5 Å². The molecule has 31 heavy (non-hydrogen) atoms. The van der Waals surface area contributed by atoms with E-state index in [-0.39, 0.29) is 28.6 Å². The summed E-state index contributed by atoms with van der Waals surface area (Å²) >= 11 is 18.7. The monoisotopic (exact) mass is 484 g/mol. The summed E-state index contributed by atoms with van der Waals surface area (Å²) in [6, 6.07) is 10.4. The zero-order chi connectivity index (χ0) is 22.3. The third-order valence-corrected chi connectivity index (χ3v) is 6.41. The summed E-state index contributed by atoms with van der Waals surface area (Å²) in [6.07, 6.45) is 0.00973. The van der Waals surface area contributed by atoms with Crippen LogP contribution < -0.4 is 10.9 Å². The second kappa shape index (κ2) is 8.43. The number of nitrogens with one attached hydrogen (secondary N) is 1. The first-order valence-corrected chi connectivity index (χ1v) is 10.8. The predicted molar refractivity (Wildman–Crippen MR) is 118 cm³/mol. The number of pyridine rings is 1. The van der Waals surface area contributed by atoms with Crippen LogP contribution in [0.5, 0.6) is 0 Å². The summed E-state index contributed by atoms with van der Waals surface area (Å²) in [5, 5.41) is 13.6. The predicted octanol–water partition coefficient (Wildman–Crippen LogP) is 3.30. The lowest BCUT2D eigenvalue weighted by atomic mass is 9.83. The van der Waals surface area contributed by atoms with Gasteiger partial charge in [-0.2, -0.15) is 0 Å². The molecule has 3 heterocycles. The van der Waals surface area contributed by atoms with Gasteiger partial charge in [0.05, 0.1) is 4.92 Å². The van der Waals surface area contributed by atoms with E-state index in [1.807, 2.05) is 11.0 Å². The van der Waals surface area contributed by atoms with Crippen molar-refractivity contribution in [2.75, 3.05) is 13.1 Å². The highest BCUT2D eigenvalue weighted by Gasteiger charge is 2.44. The molecular formula is C20H19Cl3N4O4. The Morgan fingerprint density at radius 1 is 1.13 bits per heavy atom. The molecule has 11 heteroatoms. The minimum absolute atomic E-state index is 0.0231. The molecule has 1 N–H and O–H groups in total. The molecule has 4 rings (SSSR count). The molecule has 0 saturated carbocycles. The number of alkyl halides is 3. The normalized spacial score (nSPS) is 21.8. The van der Waals surface area contributed by atoms with Gasteiger partial charge in [0, 0.05) is 55.0 Å². The number of non-ortho nitro benzene ring substituents is 1. The number of benzene rings is 1. The topological polar surface area (TPSA) is 97.5 Å². The Labute approximate surface area is 192 Å². The number of amides is 1. The fraction of sp³-hybridized carbons (Fsp3) is 0.400.